The Morgan fingerprint density at radius 2 is 1.96 bits per heavy atom. The Balaban J connectivity index is 1.55. The van der Waals surface area contributed by atoms with Crippen LogP contribution in [0, 0.1) is 0 Å². The number of aryl methyl sites for hydroxylation is 1. The standard InChI is InChI=1S/C23H31N3O/c1-3-26-11-9-16(10-12-26)24-23-17-5-4-6-20(17)25-21-13-18(15-7-8-15)22(27-2)14-19(21)23/h13-16H,3-12H2,1-2H3,(H,24,25). The third-order valence-corrected chi connectivity index (χ3v) is 6.76. The maximum Gasteiger partial charge on any atom is 0.123 e. The lowest BCUT2D eigenvalue weighted by atomic mass is 9.99. The van der Waals surface area contributed by atoms with Crippen LogP contribution in [0.1, 0.15) is 61.8 Å². The molecule has 5 rings (SSSR count). The van der Waals surface area contributed by atoms with Crippen molar-refractivity contribution in [3.63, 3.8) is 0 Å². The molecule has 1 aromatic carbocycles. The number of methoxy groups -OCH3 is 1. The number of fused-ring (bicyclic) bond motifs is 2. The third-order valence-electron chi connectivity index (χ3n) is 6.76. The Bertz CT molecular complexity index is 851. The fourth-order valence-electron chi connectivity index (χ4n) is 4.96. The fraction of sp³-hybridized carbons (Fsp3) is 0.609. The van der Waals surface area contributed by atoms with Gasteiger partial charge >= 0.3 is 0 Å². The van der Waals surface area contributed by atoms with Gasteiger partial charge in [-0.15, -0.1) is 0 Å². The normalized spacial score (nSPS) is 20.8. The number of hydrogen-bond donors (Lipinski definition) is 1. The molecule has 144 valence electrons. The van der Waals surface area contributed by atoms with E-state index >= 15 is 0 Å². The number of pyridine rings is 1. The van der Waals surface area contributed by atoms with Gasteiger partial charge in [0, 0.05) is 35.9 Å². The Morgan fingerprint density at radius 1 is 1.15 bits per heavy atom. The van der Waals surface area contributed by atoms with Crippen LogP contribution in [0.15, 0.2) is 12.1 Å². The number of piperidine rings is 1. The van der Waals surface area contributed by atoms with E-state index in [1.807, 2.05) is 0 Å². The Kier molecular flexibility index (Phi) is 4.47. The maximum absolute atomic E-state index is 5.79. The van der Waals surface area contributed by atoms with Crippen LogP contribution in [0.4, 0.5) is 5.69 Å². The van der Waals surface area contributed by atoms with Gasteiger partial charge in [-0.2, -0.15) is 0 Å². The molecule has 1 aliphatic heterocycles. The molecule has 2 heterocycles. The zero-order chi connectivity index (χ0) is 18.4. The van der Waals surface area contributed by atoms with E-state index in [-0.39, 0.29) is 0 Å². The van der Waals surface area contributed by atoms with Crippen LogP contribution in [-0.4, -0.2) is 42.7 Å². The summed E-state index contributed by atoms with van der Waals surface area (Å²) in [6, 6.07) is 5.14. The highest BCUT2D eigenvalue weighted by molar-refractivity contribution is 5.95. The van der Waals surface area contributed by atoms with E-state index in [0.717, 1.165) is 24.1 Å². The summed E-state index contributed by atoms with van der Waals surface area (Å²) in [6.07, 6.45) is 8.53. The van der Waals surface area contributed by atoms with E-state index in [2.05, 4.69) is 29.3 Å². The summed E-state index contributed by atoms with van der Waals surface area (Å²) in [5, 5.41) is 5.22. The molecule has 0 radical (unpaired) electrons. The lowest BCUT2D eigenvalue weighted by Crippen LogP contribution is -2.39. The summed E-state index contributed by atoms with van der Waals surface area (Å²) in [5.41, 5.74) is 6.65. The van der Waals surface area contributed by atoms with Crippen LogP contribution in [-0.2, 0) is 12.8 Å². The second kappa shape index (κ2) is 6.97. The number of aromatic nitrogens is 1. The molecule has 1 aromatic heterocycles. The van der Waals surface area contributed by atoms with Crippen molar-refractivity contribution in [3.8, 4) is 5.75 Å². The molecule has 0 atom stereocenters. The smallest absolute Gasteiger partial charge is 0.123 e. The number of anilines is 1. The summed E-state index contributed by atoms with van der Waals surface area (Å²) < 4.78 is 5.79. The topological polar surface area (TPSA) is 37.4 Å². The molecule has 4 nitrogen and oxygen atoms in total. The Morgan fingerprint density at radius 3 is 2.67 bits per heavy atom. The molecule has 4 heteroatoms. The zero-order valence-electron chi connectivity index (χ0n) is 16.7. The molecule has 0 bridgehead atoms. The van der Waals surface area contributed by atoms with Crippen molar-refractivity contribution in [3.05, 3.63) is 29.0 Å². The highest BCUT2D eigenvalue weighted by Gasteiger charge is 2.29. The molecular weight excluding hydrogens is 334 g/mol. The van der Waals surface area contributed by atoms with Gasteiger partial charge in [-0.3, -0.25) is 4.98 Å². The van der Waals surface area contributed by atoms with E-state index < -0.39 is 0 Å². The SMILES string of the molecule is CCN1CCC(Nc2c3c(nc4cc(C5CC5)c(OC)cc24)CCC3)CC1. The van der Waals surface area contributed by atoms with Gasteiger partial charge in [0.1, 0.15) is 5.75 Å². The lowest BCUT2D eigenvalue weighted by Gasteiger charge is -2.32. The predicted molar refractivity (Wildman–Crippen MR) is 111 cm³/mol. The highest BCUT2D eigenvalue weighted by atomic mass is 16.5. The number of hydrogen-bond acceptors (Lipinski definition) is 4. The number of likely N-dealkylation sites (tertiary alicyclic amines) is 1. The Labute approximate surface area is 162 Å². The fourth-order valence-corrected chi connectivity index (χ4v) is 4.96. The van der Waals surface area contributed by atoms with Crippen molar-refractivity contribution < 1.29 is 4.74 Å². The van der Waals surface area contributed by atoms with Crippen LogP contribution in [0.25, 0.3) is 10.9 Å². The van der Waals surface area contributed by atoms with Gasteiger partial charge in [-0.25, -0.2) is 0 Å². The molecule has 1 saturated heterocycles. The predicted octanol–water partition coefficient (Wildman–Crippen LogP) is 4.51. The molecule has 27 heavy (non-hydrogen) atoms. The molecule has 0 spiro atoms. The van der Waals surface area contributed by atoms with E-state index in [1.165, 1.54) is 79.6 Å². The largest absolute Gasteiger partial charge is 0.496 e. The van der Waals surface area contributed by atoms with Crippen molar-refractivity contribution in [2.45, 2.75) is 63.8 Å². The summed E-state index contributed by atoms with van der Waals surface area (Å²) in [6.45, 7) is 5.84. The van der Waals surface area contributed by atoms with Gasteiger partial charge in [-0.05, 0) is 80.7 Å². The molecule has 1 N–H and O–H groups in total. The second-order valence-corrected chi connectivity index (χ2v) is 8.50. The van der Waals surface area contributed by atoms with Gasteiger partial charge in [0.05, 0.1) is 12.6 Å². The van der Waals surface area contributed by atoms with Crippen molar-refractivity contribution in [2.24, 2.45) is 0 Å². The minimum Gasteiger partial charge on any atom is -0.496 e. The minimum absolute atomic E-state index is 0.567. The summed E-state index contributed by atoms with van der Waals surface area (Å²) >= 11 is 0. The number of nitrogens with one attached hydrogen (secondary N) is 1. The van der Waals surface area contributed by atoms with Crippen molar-refractivity contribution in [2.75, 3.05) is 32.1 Å². The first-order valence-corrected chi connectivity index (χ1v) is 10.8. The van der Waals surface area contributed by atoms with Crippen molar-refractivity contribution >= 4 is 16.6 Å². The minimum atomic E-state index is 0.567. The van der Waals surface area contributed by atoms with Crippen LogP contribution >= 0.6 is 0 Å². The monoisotopic (exact) mass is 365 g/mol. The van der Waals surface area contributed by atoms with Crippen LogP contribution in [0.5, 0.6) is 5.75 Å². The number of ether oxygens (including phenoxy) is 1. The van der Waals surface area contributed by atoms with Gasteiger partial charge in [0.15, 0.2) is 0 Å². The second-order valence-electron chi connectivity index (χ2n) is 8.50. The van der Waals surface area contributed by atoms with Gasteiger partial charge in [0.2, 0.25) is 0 Å². The molecule has 0 unspecified atom stereocenters. The number of benzene rings is 1. The van der Waals surface area contributed by atoms with Crippen LogP contribution in [0.3, 0.4) is 0 Å². The van der Waals surface area contributed by atoms with E-state index in [0.29, 0.717) is 12.0 Å². The average molecular weight is 366 g/mol. The molecular formula is C23H31N3O. The maximum atomic E-state index is 5.79. The first-order chi connectivity index (χ1) is 13.3. The molecule has 2 fully saturated rings. The summed E-state index contributed by atoms with van der Waals surface area (Å²) in [7, 11) is 1.81. The molecule has 2 aromatic rings. The first-order valence-electron chi connectivity index (χ1n) is 10.8. The lowest BCUT2D eigenvalue weighted by molar-refractivity contribution is 0.229. The molecule has 1 saturated carbocycles. The van der Waals surface area contributed by atoms with E-state index in [1.54, 1.807) is 7.11 Å². The van der Waals surface area contributed by atoms with Crippen LogP contribution in [0.2, 0.25) is 0 Å². The van der Waals surface area contributed by atoms with Crippen molar-refractivity contribution in [1.82, 2.24) is 9.88 Å². The summed E-state index contributed by atoms with van der Waals surface area (Å²) in [5.74, 6) is 1.72. The van der Waals surface area contributed by atoms with E-state index in [9.17, 15) is 0 Å². The van der Waals surface area contributed by atoms with Gasteiger partial charge < -0.3 is 15.0 Å². The quantitative estimate of drug-likeness (QED) is 0.846. The van der Waals surface area contributed by atoms with Gasteiger partial charge in [-0.1, -0.05) is 6.92 Å². The number of nitrogens with zero attached hydrogens (tertiary/aromatic N) is 2. The van der Waals surface area contributed by atoms with Crippen molar-refractivity contribution in [1.29, 1.82) is 0 Å². The number of rotatable bonds is 5. The molecule has 0 amide bonds. The van der Waals surface area contributed by atoms with E-state index in [4.69, 9.17) is 9.72 Å². The molecule has 2 aliphatic carbocycles. The third kappa shape index (κ3) is 3.18. The highest BCUT2D eigenvalue weighted by Crippen LogP contribution is 2.47. The Hall–Kier alpha value is -1.81. The zero-order valence-corrected chi connectivity index (χ0v) is 16.7. The average Bonchev–Trinajstić information content (AvgIpc) is 3.45. The first kappa shape index (κ1) is 17.3. The summed E-state index contributed by atoms with van der Waals surface area (Å²) in [4.78, 5) is 7.63. The van der Waals surface area contributed by atoms with Gasteiger partial charge in [0.25, 0.3) is 0 Å². The molecule has 3 aliphatic rings. The van der Waals surface area contributed by atoms with Crippen LogP contribution < -0.4 is 10.1 Å².